The molecule has 0 bridgehead atoms. The molecule has 4 rings (SSSR count). The Labute approximate surface area is 176 Å². The molecule has 0 amide bonds. The third-order valence-electron chi connectivity index (χ3n) is 5.56. The molecule has 1 atom stereocenters. The zero-order chi connectivity index (χ0) is 20.9. The van der Waals surface area contributed by atoms with Crippen molar-refractivity contribution in [3.05, 3.63) is 71.8 Å². The fourth-order valence-corrected chi connectivity index (χ4v) is 4.00. The molecule has 1 unspecified atom stereocenters. The van der Waals surface area contributed by atoms with E-state index in [1.165, 1.54) is 29.4 Å². The minimum Gasteiger partial charge on any atom is -0.365 e. The molecule has 2 aromatic carbocycles. The average molecular weight is 412 g/mol. The lowest BCUT2D eigenvalue weighted by Crippen LogP contribution is -2.44. The lowest BCUT2D eigenvalue weighted by Gasteiger charge is -2.21. The van der Waals surface area contributed by atoms with Crippen LogP contribution in [0.25, 0.3) is 0 Å². The second kappa shape index (κ2) is 9.15. The number of nitrogens with zero attached hydrogens (tertiary/aromatic N) is 3. The Balaban J connectivity index is 1.32. The number of hydrogen-bond donors (Lipinski definition) is 2. The Morgan fingerprint density at radius 2 is 1.80 bits per heavy atom. The van der Waals surface area contributed by atoms with Crippen molar-refractivity contribution in [2.24, 2.45) is 4.99 Å². The van der Waals surface area contributed by atoms with E-state index in [-0.39, 0.29) is 11.7 Å². The summed E-state index contributed by atoms with van der Waals surface area (Å²) < 4.78 is 28.1. The van der Waals surface area contributed by atoms with E-state index in [2.05, 4.69) is 56.9 Å². The highest BCUT2D eigenvalue weighted by atomic mass is 19.1. The molecule has 7 heteroatoms. The van der Waals surface area contributed by atoms with Gasteiger partial charge in [-0.05, 0) is 36.2 Å². The van der Waals surface area contributed by atoms with E-state index < -0.39 is 11.6 Å². The number of guanidine groups is 1. The van der Waals surface area contributed by atoms with Crippen LogP contribution in [0, 0.1) is 11.6 Å². The Morgan fingerprint density at radius 1 is 1.07 bits per heavy atom. The van der Waals surface area contributed by atoms with Crippen molar-refractivity contribution in [3.8, 4) is 0 Å². The lowest BCUT2D eigenvalue weighted by atomic mass is 10.2. The Morgan fingerprint density at radius 3 is 2.53 bits per heavy atom. The molecule has 2 aliphatic rings. The summed E-state index contributed by atoms with van der Waals surface area (Å²) in [5.74, 6) is -0.360. The van der Waals surface area contributed by atoms with Gasteiger partial charge in [0.05, 0.1) is 0 Å². The van der Waals surface area contributed by atoms with Crippen LogP contribution in [-0.2, 0) is 6.54 Å². The highest BCUT2D eigenvalue weighted by molar-refractivity contribution is 5.80. The van der Waals surface area contributed by atoms with E-state index >= 15 is 0 Å². The minimum absolute atomic E-state index is 0.0537. The number of halogens is 2. The molecule has 0 aliphatic carbocycles. The molecule has 5 nitrogen and oxygen atoms in total. The molecule has 30 heavy (non-hydrogen) atoms. The summed E-state index contributed by atoms with van der Waals surface area (Å²) in [7, 11) is 1.73. The predicted octanol–water partition coefficient (Wildman–Crippen LogP) is 3.28. The van der Waals surface area contributed by atoms with Crippen LogP contribution >= 0.6 is 0 Å². The second-order valence-corrected chi connectivity index (χ2v) is 7.62. The van der Waals surface area contributed by atoms with Crippen LogP contribution in [-0.4, -0.2) is 45.2 Å². The van der Waals surface area contributed by atoms with Crippen LogP contribution in [0.4, 0.5) is 20.2 Å². The van der Waals surface area contributed by atoms with Gasteiger partial charge in [-0.15, -0.1) is 0 Å². The van der Waals surface area contributed by atoms with Gasteiger partial charge in [0, 0.05) is 51.5 Å². The number of aliphatic imine (C=N–C) groups is 1. The van der Waals surface area contributed by atoms with Crippen molar-refractivity contribution >= 4 is 17.3 Å². The fraction of sp³-hybridized carbons (Fsp3) is 0.348. The predicted molar refractivity (Wildman–Crippen MR) is 118 cm³/mol. The summed E-state index contributed by atoms with van der Waals surface area (Å²) in [6.07, 6.45) is 5.13. The molecule has 2 aliphatic heterocycles. The Hall–Kier alpha value is -3.09. The number of anilines is 2. The maximum atomic E-state index is 14.1. The Kier molecular flexibility index (Phi) is 6.16. The smallest absolute Gasteiger partial charge is 0.191 e. The van der Waals surface area contributed by atoms with Crippen molar-refractivity contribution in [2.45, 2.75) is 19.0 Å². The summed E-state index contributed by atoms with van der Waals surface area (Å²) in [6, 6.07) is 12.5. The van der Waals surface area contributed by atoms with E-state index in [9.17, 15) is 8.78 Å². The second-order valence-electron chi connectivity index (χ2n) is 7.62. The number of para-hydroxylation sites is 1. The number of nitrogens with one attached hydrogen (secondary N) is 2. The summed E-state index contributed by atoms with van der Waals surface area (Å²) in [6.45, 7) is 3.66. The van der Waals surface area contributed by atoms with Crippen molar-refractivity contribution in [2.75, 3.05) is 43.0 Å². The molecule has 0 aromatic heterocycles. The molecule has 1 fully saturated rings. The number of benzene rings is 2. The molecular formula is C23H27F2N5. The van der Waals surface area contributed by atoms with E-state index in [0.717, 1.165) is 19.5 Å². The van der Waals surface area contributed by atoms with Gasteiger partial charge >= 0.3 is 0 Å². The molecule has 0 radical (unpaired) electrons. The SMILES string of the molecule is CN=C(NCc1cccc(N2CC=CC2)c1)NC1CCN(c2c(F)cccc2F)C1. The fourth-order valence-electron chi connectivity index (χ4n) is 4.00. The molecule has 2 N–H and O–H groups in total. The van der Waals surface area contributed by atoms with Gasteiger partial charge in [0.25, 0.3) is 0 Å². The Bertz CT molecular complexity index is 915. The molecule has 0 saturated carbocycles. The third-order valence-corrected chi connectivity index (χ3v) is 5.56. The monoisotopic (exact) mass is 411 g/mol. The normalized spacial score (nSPS) is 18.9. The van der Waals surface area contributed by atoms with Gasteiger partial charge in [-0.2, -0.15) is 0 Å². The molecule has 158 valence electrons. The zero-order valence-electron chi connectivity index (χ0n) is 17.1. The van der Waals surface area contributed by atoms with Crippen molar-refractivity contribution in [1.29, 1.82) is 0 Å². The molecule has 2 heterocycles. The summed E-state index contributed by atoms with van der Waals surface area (Å²) >= 11 is 0. The number of rotatable bonds is 5. The molecule has 2 aromatic rings. The summed E-state index contributed by atoms with van der Waals surface area (Å²) in [4.78, 5) is 8.37. The van der Waals surface area contributed by atoms with E-state index in [4.69, 9.17) is 0 Å². The van der Waals surface area contributed by atoms with Crippen molar-refractivity contribution < 1.29 is 8.78 Å². The highest BCUT2D eigenvalue weighted by Crippen LogP contribution is 2.26. The first-order valence-corrected chi connectivity index (χ1v) is 10.3. The van der Waals surface area contributed by atoms with Crippen LogP contribution in [0.1, 0.15) is 12.0 Å². The van der Waals surface area contributed by atoms with E-state index in [1.807, 2.05) is 0 Å². The standard InChI is InChI=1S/C23H27F2N5/c1-26-23(27-15-17-6-4-7-19(14-17)29-11-2-3-12-29)28-18-10-13-30(16-18)22-20(24)8-5-9-21(22)25/h2-9,14,18H,10-13,15-16H2,1H3,(H2,26,27,28). The van der Waals surface area contributed by atoms with Gasteiger partial charge in [-0.1, -0.05) is 30.4 Å². The highest BCUT2D eigenvalue weighted by Gasteiger charge is 2.27. The molecular weight excluding hydrogens is 384 g/mol. The zero-order valence-corrected chi connectivity index (χ0v) is 17.1. The summed E-state index contributed by atoms with van der Waals surface area (Å²) in [5.41, 5.74) is 2.43. The average Bonchev–Trinajstić information content (AvgIpc) is 3.44. The molecule has 1 saturated heterocycles. The van der Waals surface area contributed by atoms with Gasteiger partial charge in [0.1, 0.15) is 17.3 Å². The first-order chi connectivity index (χ1) is 14.6. The first kappa shape index (κ1) is 20.2. The lowest BCUT2D eigenvalue weighted by molar-refractivity contribution is 0.576. The summed E-state index contributed by atoms with van der Waals surface area (Å²) in [5, 5.41) is 6.72. The van der Waals surface area contributed by atoms with Gasteiger partial charge < -0.3 is 20.4 Å². The third kappa shape index (κ3) is 4.56. The van der Waals surface area contributed by atoms with Crippen LogP contribution in [0.2, 0.25) is 0 Å². The van der Waals surface area contributed by atoms with E-state index in [1.54, 1.807) is 11.9 Å². The minimum atomic E-state index is -0.522. The maximum absolute atomic E-state index is 14.1. The van der Waals surface area contributed by atoms with Crippen LogP contribution in [0.5, 0.6) is 0 Å². The van der Waals surface area contributed by atoms with Gasteiger partial charge in [-0.3, -0.25) is 4.99 Å². The largest absolute Gasteiger partial charge is 0.365 e. The van der Waals surface area contributed by atoms with Crippen LogP contribution in [0.3, 0.4) is 0 Å². The van der Waals surface area contributed by atoms with E-state index in [0.29, 0.717) is 25.6 Å². The van der Waals surface area contributed by atoms with Crippen LogP contribution < -0.4 is 20.4 Å². The first-order valence-electron chi connectivity index (χ1n) is 10.3. The van der Waals surface area contributed by atoms with Crippen molar-refractivity contribution in [1.82, 2.24) is 10.6 Å². The maximum Gasteiger partial charge on any atom is 0.191 e. The molecule has 0 spiro atoms. The quantitative estimate of drug-likeness (QED) is 0.450. The van der Waals surface area contributed by atoms with Crippen LogP contribution in [0.15, 0.2) is 59.6 Å². The van der Waals surface area contributed by atoms with Gasteiger partial charge in [0.15, 0.2) is 5.96 Å². The topological polar surface area (TPSA) is 42.9 Å². The number of hydrogen-bond acceptors (Lipinski definition) is 3. The van der Waals surface area contributed by atoms with Gasteiger partial charge in [0.2, 0.25) is 0 Å². The van der Waals surface area contributed by atoms with Gasteiger partial charge in [-0.25, -0.2) is 8.78 Å². The van der Waals surface area contributed by atoms with Crippen molar-refractivity contribution in [3.63, 3.8) is 0 Å².